The van der Waals surface area contributed by atoms with Crippen LogP contribution in [0.5, 0.6) is 0 Å². The fraction of sp³-hybridized carbons (Fsp3) is 0.250. The van der Waals surface area contributed by atoms with Crippen LogP contribution in [0.4, 0.5) is 11.4 Å². The average Bonchev–Trinajstić information content (AvgIpc) is 3.95. The Morgan fingerprint density at radius 1 is 0.519 bits per heavy atom. The van der Waals surface area contributed by atoms with Crippen molar-refractivity contribution in [1.29, 1.82) is 0 Å². The van der Waals surface area contributed by atoms with E-state index in [0.717, 1.165) is 33.6 Å². The van der Waals surface area contributed by atoms with Gasteiger partial charge in [0.2, 0.25) is 11.8 Å². The summed E-state index contributed by atoms with van der Waals surface area (Å²) >= 11 is 13.4. The minimum atomic E-state index is -1.11. The molecular formula is C40H34N6O4S4. The van der Waals surface area contributed by atoms with Crippen LogP contribution in [-0.4, -0.2) is 78.7 Å². The zero-order chi connectivity index (χ0) is 37.6. The Morgan fingerprint density at radius 3 is 1.22 bits per heavy atom. The fourth-order valence-corrected chi connectivity index (χ4v) is 13.8. The third-order valence-electron chi connectivity index (χ3n) is 11.9. The molecule has 4 aromatic rings. The van der Waals surface area contributed by atoms with Crippen molar-refractivity contribution in [1.82, 2.24) is 20.4 Å². The maximum atomic E-state index is 13.5. The zero-order valence-electron chi connectivity index (χ0n) is 29.1. The number of nitrogens with one attached hydrogen (secondary N) is 4. The first-order valence-corrected chi connectivity index (χ1v) is 19.9. The summed E-state index contributed by atoms with van der Waals surface area (Å²) in [6.45, 7) is 1.16. The number of thiocarbonyl (C=S) groups is 2. The quantitative estimate of drug-likeness (QED) is 0.209. The second-order valence-electron chi connectivity index (χ2n) is 14.3. The van der Waals surface area contributed by atoms with E-state index in [2.05, 4.69) is 21.3 Å². The molecule has 0 aromatic heterocycles. The van der Waals surface area contributed by atoms with Crippen molar-refractivity contribution in [3.05, 3.63) is 131 Å². The maximum Gasteiger partial charge on any atom is 0.251 e. The molecule has 54 heavy (non-hydrogen) atoms. The van der Waals surface area contributed by atoms with E-state index in [0.29, 0.717) is 21.7 Å². The van der Waals surface area contributed by atoms with E-state index >= 15 is 0 Å². The molecular weight excluding hydrogens is 757 g/mol. The molecule has 4 aromatic carbocycles. The van der Waals surface area contributed by atoms with Crippen molar-refractivity contribution in [3.63, 3.8) is 0 Å². The van der Waals surface area contributed by atoms with Gasteiger partial charge in [-0.3, -0.25) is 29.0 Å². The van der Waals surface area contributed by atoms with Gasteiger partial charge in [-0.1, -0.05) is 145 Å². The zero-order valence-corrected chi connectivity index (χ0v) is 32.4. The van der Waals surface area contributed by atoms with Gasteiger partial charge in [-0.15, -0.1) is 0 Å². The van der Waals surface area contributed by atoms with Crippen LogP contribution >= 0.6 is 48.0 Å². The van der Waals surface area contributed by atoms with Gasteiger partial charge in [0.05, 0.1) is 0 Å². The molecule has 6 aliphatic rings. The number of nitrogens with zero attached hydrogens (tertiary/aromatic N) is 2. The first-order chi connectivity index (χ1) is 26.0. The Kier molecular flexibility index (Phi) is 8.20. The van der Waals surface area contributed by atoms with Crippen LogP contribution in [-0.2, 0) is 30.3 Å². The van der Waals surface area contributed by atoms with E-state index in [4.69, 9.17) is 24.4 Å². The van der Waals surface area contributed by atoms with Crippen molar-refractivity contribution < 1.29 is 19.2 Å². The summed E-state index contributed by atoms with van der Waals surface area (Å²) in [7, 11) is 3.84. The van der Waals surface area contributed by atoms with Gasteiger partial charge in [0.15, 0.2) is 11.1 Å². The molecule has 6 atom stereocenters. The van der Waals surface area contributed by atoms with Gasteiger partial charge in [-0.25, -0.2) is 0 Å². The third-order valence-corrected chi connectivity index (χ3v) is 15.4. The van der Waals surface area contributed by atoms with E-state index in [9.17, 15) is 19.2 Å². The molecule has 0 unspecified atom stereocenters. The number of amides is 4. The number of rotatable bonds is 2. The number of likely N-dealkylation sites (N-methyl/N-ethyl adjacent to an activating group) is 2. The second kappa shape index (κ2) is 12.5. The van der Waals surface area contributed by atoms with Gasteiger partial charge < -0.3 is 21.3 Å². The number of fused-ring (bicyclic) bond motifs is 6. The molecule has 4 amide bonds. The minimum absolute atomic E-state index is 0.169. The SMILES string of the molecule is CN1C[C@@H](c2ccccc2)[C@@]2(SC(=S)NC2=O)[C@@]12C(=O)Nc1ccccc12.CN1C[C@H](c2ccccc2)[C@]2(SC(=S)NC2=O)[C@]12C(=O)Nc1ccccc12. The summed E-state index contributed by atoms with van der Waals surface area (Å²) in [5.41, 5.74) is 3.03. The van der Waals surface area contributed by atoms with Crippen molar-refractivity contribution >= 4 is 91.6 Å². The van der Waals surface area contributed by atoms with Crippen molar-refractivity contribution in [2.45, 2.75) is 32.4 Å². The van der Waals surface area contributed by atoms with Crippen LogP contribution in [0, 0.1) is 0 Å². The third kappa shape index (κ3) is 4.37. The van der Waals surface area contributed by atoms with Crippen molar-refractivity contribution in [2.24, 2.45) is 0 Å². The highest BCUT2D eigenvalue weighted by Crippen LogP contribution is 2.65. The van der Waals surface area contributed by atoms with Gasteiger partial charge in [-0.2, -0.15) is 0 Å². The number of benzene rings is 4. The molecule has 6 aliphatic heterocycles. The first kappa shape index (κ1) is 35.3. The summed E-state index contributed by atoms with van der Waals surface area (Å²) < 4.78 is -1.27. The van der Waals surface area contributed by atoms with E-state index < -0.39 is 20.6 Å². The summed E-state index contributed by atoms with van der Waals surface area (Å²) in [5, 5.41) is 11.6. The largest absolute Gasteiger partial charge is 0.324 e. The van der Waals surface area contributed by atoms with Crippen molar-refractivity contribution in [2.75, 3.05) is 37.8 Å². The summed E-state index contributed by atoms with van der Waals surface area (Å²) in [6, 6.07) is 35.1. The number of thioether (sulfide) groups is 2. The van der Waals surface area contributed by atoms with Crippen LogP contribution in [0.25, 0.3) is 0 Å². The second-order valence-corrected chi connectivity index (χ2v) is 18.1. The van der Waals surface area contributed by atoms with Crippen LogP contribution in [0.1, 0.15) is 34.1 Å². The molecule has 0 aliphatic carbocycles. The number of anilines is 2. The van der Waals surface area contributed by atoms with Gasteiger partial charge in [0, 0.05) is 47.4 Å². The number of hydrogen-bond acceptors (Lipinski definition) is 10. The topological polar surface area (TPSA) is 123 Å². The fourth-order valence-electron chi connectivity index (χ4n) is 9.92. The molecule has 10 nitrogen and oxygen atoms in total. The molecule has 272 valence electrons. The van der Waals surface area contributed by atoms with E-state index in [1.807, 2.05) is 133 Å². The van der Waals surface area contributed by atoms with Gasteiger partial charge >= 0.3 is 0 Å². The number of carbonyl (C=O) groups excluding carboxylic acids is 4. The summed E-state index contributed by atoms with van der Waals surface area (Å²) in [6.07, 6.45) is 0. The lowest BCUT2D eigenvalue weighted by molar-refractivity contribution is -0.133. The smallest absolute Gasteiger partial charge is 0.251 e. The molecule has 0 saturated carbocycles. The van der Waals surface area contributed by atoms with Crippen LogP contribution in [0.2, 0.25) is 0 Å². The van der Waals surface area contributed by atoms with E-state index in [1.54, 1.807) is 0 Å². The Bertz CT molecular complexity index is 2150. The first-order valence-electron chi connectivity index (χ1n) is 17.5. The number of likely N-dealkylation sites (tertiary alicyclic amines) is 2. The highest BCUT2D eigenvalue weighted by atomic mass is 32.2. The average molecular weight is 791 g/mol. The standard InChI is InChI=1S/2C20H17N3O2S2/c2*1-23-11-14(12-7-3-2-4-8-12)20(17(25)22-18(26)27-20)19(23)13-9-5-6-10-15(13)21-16(19)24/h2*2-10,14H,11H2,1H3,(H,21,24)(H,22,25,26)/t2*14-,19+,20-/m10/s1. The lowest BCUT2D eigenvalue weighted by Gasteiger charge is -2.41. The number of carbonyl (C=O) groups is 4. The lowest BCUT2D eigenvalue weighted by Crippen LogP contribution is -2.61. The lowest BCUT2D eigenvalue weighted by atomic mass is 9.72. The molecule has 4 saturated heterocycles. The molecule has 4 N–H and O–H groups in total. The molecule has 14 heteroatoms. The highest BCUT2D eigenvalue weighted by Gasteiger charge is 2.78. The molecule has 0 radical (unpaired) electrons. The highest BCUT2D eigenvalue weighted by molar-refractivity contribution is 8.25. The Labute approximate surface area is 331 Å². The number of para-hydroxylation sites is 2. The number of hydrogen-bond donors (Lipinski definition) is 4. The van der Waals surface area contributed by atoms with E-state index in [-0.39, 0.29) is 35.5 Å². The maximum absolute atomic E-state index is 13.5. The summed E-state index contributed by atoms with van der Waals surface area (Å²) in [5.74, 6) is -1.07. The Hall–Kier alpha value is -4.44. The van der Waals surface area contributed by atoms with Crippen LogP contribution in [0.3, 0.4) is 0 Å². The minimum Gasteiger partial charge on any atom is -0.324 e. The van der Waals surface area contributed by atoms with Crippen LogP contribution < -0.4 is 21.3 Å². The van der Waals surface area contributed by atoms with Gasteiger partial charge in [0.1, 0.15) is 18.1 Å². The van der Waals surface area contributed by atoms with E-state index in [1.165, 1.54) is 23.5 Å². The summed E-state index contributed by atoms with van der Waals surface area (Å²) in [4.78, 5) is 57.8. The molecule has 4 spiro atoms. The monoisotopic (exact) mass is 790 g/mol. The molecule has 0 bridgehead atoms. The van der Waals surface area contributed by atoms with Crippen LogP contribution in [0.15, 0.2) is 109 Å². The predicted molar refractivity (Wildman–Crippen MR) is 219 cm³/mol. The van der Waals surface area contributed by atoms with Crippen molar-refractivity contribution in [3.8, 4) is 0 Å². The Balaban J connectivity index is 0.000000142. The Morgan fingerprint density at radius 2 is 0.870 bits per heavy atom. The van der Waals surface area contributed by atoms with Gasteiger partial charge in [0.25, 0.3) is 11.8 Å². The predicted octanol–water partition coefficient (Wildman–Crippen LogP) is 4.90. The molecule has 4 fully saturated rings. The molecule has 6 heterocycles. The van der Waals surface area contributed by atoms with Gasteiger partial charge in [-0.05, 0) is 37.4 Å². The molecule has 10 rings (SSSR count). The normalized spacial score (nSPS) is 32.2.